The van der Waals surface area contributed by atoms with E-state index < -0.39 is 5.82 Å². The standard InChI is InChI=1S/C15H16ClFN2O/c1-4-6-12-18-14(9(2)15(16)19-12)10-7-5-8-11(20-3)13(10)17/h5,7-8H,4,6H2,1-3H3. The van der Waals surface area contributed by atoms with Crippen LogP contribution in [0.25, 0.3) is 11.3 Å². The molecule has 0 N–H and O–H groups in total. The van der Waals surface area contributed by atoms with Gasteiger partial charge >= 0.3 is 0 Å². The van der Waals surface area contributed by atoms with Crippen LogP contribution < -0.4 is 4.74 Å². The normalized spacial score (nSPS) is 10.7. The highest BCUT2D eigenvalue weighted by molar-refractivity contribution is 6.30. The van der Waals surface area contributed by atoms with Gasteiger partial charge < -0.3 is 4.74 Å². The van der Waals surface area contributed by atoms with Crippen LogP contribution >= 0.6 is 11.6 Å². The van der Waals surface area contributed by atoms with Crippen LogP contribution in [-0.2, 0) is 6.42 Å². The minimum atomic E-state index is -0.435. The molecule has 0 atom stereocenters. The number of rotatable bonds is 4. The first-order valence-corrected chi connectivity index (χ1v) is 6.82. The predicted octanol–water partition coefficient (Wildman–Crippen LogP) is 4.21. The van der Waals surface area contributed by atoms with E-state index >= 15 is 0 Å². The van der Waals surface area contributed by atoms with Crippen LogP contribution in [0.15, 0.2) is 18.2 Å². The smallest absolute Gasteiger partial charge is 0.174 e. The molecule has 0 saturated carbocycles. The molecule has 0 unspecified atom stereocenters. The Morgan fingerprint density at radius 1 is 1.30 bits per heavy atom. The van der Waals surface area contributed by atoms with Crippen LogP contribution in [0.1, 0.15) is 24.7 Å². The number of hydrogen-bond acceptors (Lipinski definition) is 3. The fourth-order valence-corrected chi connectivity index (χ4v) is 2.17. The van der Waals surface area contributed by atoms with Crippen molar-refractivity contribution in [3.63, 3.8) is 0 Å². The third kappa shape index (κ3) is 2.75. The van der Waals surface area contributed by atoms with Crippen molar-refractivity contribution in [1.82, 2.24) is 9.97 Å². The van der Waals surface area contributed by atoms with Gasteiger partial charge in [-0.2, -0.15) is 0 Å². The summed E-state index contributed by atoms with van der Waals surface area (Å²) < 4.78 is 19.4. The van der Waals surface area contributed by atoms with E-state index in [4.69, 9.17) is 16.3 Å². The minimum Gasteiger partial charge on any atom is -0.494 e. The lowest BCUT2D eigenvalue weighted by Crippen LogP contribution is -2.02. The van der Waals surface area contributed by atoms with Crippen LogP contribution in [0.2, 0.25) is 5.15 Å². The lowest BCUT2D eigenvalue weighted by molar-refractivity contribution is 0.387. The molecule has 5 heteroatoms. The second-order valence-corrected chi connectivity index (χ2v) is 4.83. The molecule has 1 heterocycles. The Kier molecular flexibility index (Phi) is 4.55. The molecular weight excluding hydrogens is 279 g/mol. The molecule has 0 radical (unpaired) electrons. The Labute approximate surface area is 122 Å². The largest absolute Gasteiger partial charge is 0.494 e. The molecule has 3 nitrogen and oxygen atoms in total. The van der Waals surface area contributed by atoms with Crippen LogP contribution in [0.3, 0.4) is 0 Å². The van der Waals surface area contributed by atoms with Crippen LogP contribution in [0, 0.1) is 12.7 Å². The molecule has 0 amide bonds. The van der Waals surface area contributed by atoms with Gasteiger partial charge in [0.2, 0.25) is 0 Å². The Balaban J connectivity index is 2.62. The highest BCUT2D eigenvalue weighted by Gasteiger charge is 2.16. The minimum absolute atomic E-state index is 0.189. The quantitative estimate of drug-likeness (QED) is 0.793. The first-order valence-electron chi connectivity index (χ1n) is 6.44. The summed E-state index contributed by atoms with van der Waals surface area (Å²) >= 11 is 6.13. The summed E-state index contributed by atoms with van der Waals surface area (Å²) in [7, 11) is 1.44. The zero-order valence-electron chi connectivity index (χ0n) is 11.7. The molecule has 2 rings (SSSR count). The zero-order chi connectivity index (χ0) is 14.7. The SMILES string of the molecule is CCCc1nc(Cl)c(C)c(-c2cccc(OC)c2F)n1. The lowest BCUT2D eigenvalue weighted by atomic mass is 10.1. The molecule has 2 aromatic rings. The lowest BCUT2D eigenvalue weighted by Gasteiger charge is -2.11. The number of ether oxygens (including phenoxy) is 1. The van der Waals surface area contributed by atoms with E-state index in [-0.39, 0.29) is 5.75 Å². The summed E-state index contributed by atoms with van der Waals surface area (Å²) in [5.74, 6) is 0.379. The van der Waals surface area contributed by atoms with Gasteiger partial charge in [-0.25, -0.2) is 14.4 Å². The summed E-state index contributed by atoms with van der Waals surface area (Å²) in [6, 6.07) is 4.97. The van der Waals surface area contributed by atoms with Crippen LogP contribution in [0.5, 0.6) is 5.75 Å². The summed E-state index contributed by atoms with van der Waals surface area (Å²) in [5.41, 5.74) is 1.56. The fourth-order valence-electron chi connectivity index (χ4n) is 1.98. The summed E-state index contributed by atoms with van der Waals surface area (Å²) in [4.78, 5) is 8.66. The number of nitrogens with zero attached hydrogens (tertiary/aromatic N) is 2. The summed E-state index contributed by atoms with van der Waals surface area (Å²) in [6.07, 6.45) is 1.61. The van der Waals surface area contributed by atoms with Gasteiger partial charge in [0.05, 0.1) is 12.8 Å². The van der Waals surface area contributed by atoms with E-state index in [0.29, 0.717) is 34.2 Å². The van der Waals surface area contributed by atoms with Gasteiger partial charge in [-0.3, -0.25) is 0 Å². The van der Waals surface area contributed by atoms with E-state index in [1.165, 1.54) is 7.11 Å². The van der Waals surface area contributed by atoms with Crippen LogP contribution in [0.4, 0.5) is 4.39 Å². The molecule has 0 aliphatic rings. The van der Waals surface area contributed by atoms with Gasteiger partial charge in [-0.15, -0.1) is 0 Å². The number of hydrogen-bond donors (Lipinski definition) is 0. The third-order valence-corrected chi connectivity index (χ3v) is 3.41. The maximum absolute atomic E-state index is 14.4. The van der Waals surface area contributed by atoms with Crippen molar-refractivity contribution in [2.24, 2.45) is 0 Å². The molecule has 0 fully saturated rings. The highest BCUT2D eigenvalue weighted by Crippen LogP contribution is 2.31. The Hall–Kier alpha value is -1.68. The average molecular weight is 295 g/mol. The molecule has 0 aliphatic carbocycles. The van der Waals surface area contributed by atoms with E-state index in [9.17, 15) is 4.39 Å². The van der Waals surface area contributed by atoms with Crippen molar-refractivity contribution in [3.8, 4) is 17.0 Å². The fraction of sp³-hybridized carbons (Fsp3) is 0.333. The highest BCUT2D eigenvalue weighted by atomic mass is 35.5. The van der Waals surface area contributed by atoms with E-state index in [2.05, 4.69) is 9.97 Å². The second-order valence-electron chi connectivity index (χ2n) is 4.48. The van der Waals surface area contributed by atoms with Gasteiger partial charge in [0.15, 0.2) is 11.6 Å². The first kappa shape index (κ1) is 14.7. The summed E-state index contributed by atoms with van der Waals surface area (Å²) in [5, 5.41) is 0.362. The molecular formula is C15H16ClFN2O. The van der Waals surface area contributed by atoms with Crippen molar-refractivity contribution in [1.29, 1.82) is 0 Å². The Bertz CT molecular complexity index is 632. The van der Waals surface area contributed by atoms with Gasteiger partial charge in [0.25, 0.3) is 0 Å². The van der Waals surface area contributed by atoms with Crippen molar-refractivity contribution >= 4 is 11.6 Å². The van der Waals surface area contributed by atoms with Crippen molar-refractivity contribution in [2.45, 2.75) is 26.7 Å². The number of halogens is 2. The molecule has 20 heavy (non-hydrogen) atoms. The third-order valence-electron chi connectivity index (χ3n) is 3.04. The molecule has 0 aliphatic heterocycles. The van der Waals surface area contributed by atoms with Crippen molar-refractivity contribution in [3.05, 3.63) is 40.6 Å². The molecule has 1 aromatic carbocycles. The van der Waals surface area contributed by atoms with Gasteiger partial charge in [0, 0.05) is 17.5 Å². The number of aryl methyl sites for hydroxylation is 1. The van der Waals surface area contributed by atoms with Gasteiger partial charge in [0.1, 0.15) is 11.0 Å². The van der Waals surface area contributed by atoms with E-state index in [1.807, 2.05) is 6.92 Å². The summed E-state index contributed by atoms with van der Waals surface area (Å²) in [6.45, 7) is 3.81. The van der Waals surface area contributed by atoms with Gasteiger partial charge in [-0.05, 0) is 25.5 Å². The molecule has 0 saturated heterocycles. The van der Waals surface area contributed by atoms with Crippen molar-refractivity contribution < 1.29 is 9.13 Å². The van der Waals surface area contributed by atoms with Crippen LogP contribution in [-0.4, -0.2) is 17.1 Å². The second kappa shape index (κ2) is 6.18. The Morgan fingerprint density at radius 2 is 2.05 bits per heavy atom. The maximum Gasteiger partial charge on any atom is 0.174 e. The monoisotopic (exact) mass is 294 g/mol. The zero-order valence-corrected chi connectivity index (χ0v) is 12.5. The molecule has 0 bridgehead atoms. The van der Waals surface area contributed by atoms with Gasteiger partial charge in [-0.1, -0.05) is 24.6 Å². The molecule has 0 spiro atoms. The molecule has 1 aromatic heterocycles. The topological polar surface area (TPSA) is 35.0 Å². The Morgan fingerprint density at radius 3 is 2.70 bits per heavy atom. The molecule has 106 valence electrons. The maximum atomic E-state index is 14.4. The van der Waals surface area contributed by atoms with Crippen molar-refractivity contribution in [2.75, 3.05) is 7.11 Å². The number of aromatic nitrogens is 2. The first-order chi connectivity index (χ1) is 9.58. The predicted molar refractivity (Wildman–Crippen MR) is 77.7 cm³/mol. The number of benzene rings is 1. The number of methoxy groups -OCH3 is 1. The van der Waals surface area contributed by atoms with E-state index in [1.54, 1.807) is 25.1 Å². The average Bonchev–Trinajstić information content (AvgIpc) is 2.43. The van der Waals surface area contributed by atoms with E-state index in [0.717, 1.165) is 6.42 Å².